The molecule has 0 amide bonds. The Morgan fingerprint density at radius 2 is 2.00 bits per heavy atom. The Kier molecular flexibility index (Phi) is 3.25. The largest absolute Gasteiger partial charge is 0.311 e. The van der Waals surface area contributed by atoms with Crippen LogP contribution in [0.5, 0.6) is 0 Å². The fraction of sp³-hybridized carbons (Fsp3) is 0.200. The summed E-state index contributed by atoms with van der Waals surface area (Å²) in [5, 5.41) is 8.83. The molecular weight excluding hydrogens is 236 g/mol. The van der Waals surface area contributed by atoms with E-state index in [1.54, 1.807) is 0 Å². The molecule has 0 saturated heterocycles. The van der Waals surface area contributed by atoms with Crippen molar-refractivity contribution in [3.63, 3.8) is 0 Å². The molecule has 0 saturated carbocycles. The molecule has 0 bridgehead atoms. The number of nitrogens with one attached hydrogen (secondary N) is 1. The zero-order valence-corrected chi connectivity index (χ0v) is 10.9. The first-order valence-electron chi connectivity index (χ1n) is 6.48. The van der Waals surface area contributed by atoms with Crippen LogP contribution in [0.1, 0.15) is 12.6 Å². The molecule has 0 unspecified atom stereocenters. The smallest absolute Gasteiger partial charge is 0.154 e. The zero-order chi connectivity index (χ0) is 13.1. The van der Waals surface area contributed by atoms with Crippen LogP contribution >= 0.6 is 0 Å². The molecule has 4 heteroatoms. The summed E-state index contributed by atoms with van der Waals surface area (Å²) in [6.07, 6.45) is 1.87. The van der Waals surface area contributed by atoms with Crippen LogP contribution in [0, 0.1) is 0 Å². The first-order chi connectivity index (χ1) is 9.38. The molecule has 0 atom stereocenters. The van der Waals surface area contributed by atoms with E-state index in [9.17, 15) is 0 Å². The normalized spacial score (nSPS) is 11.0. The van der Waals surface area contributed by atoms with Gasteiger partial charge in [-0.25, -0.2) is 9.67 Å². The molecule has 3 rings (SSSR count). The minimum atomic E-state index is 0.781. The number of rotatable bonds is 4. The molecule has 1 N–H and O–H groups in total. The minimum absolute atomic E-state index is 0.781. The van der Waals surface area contributed by atoms with Crippen LogP contribution in [0.3, 0.4) is 0 Å². The van der Waals surface area contributed by atoms with Crippen LogP contribution in [0.2, 0.25) is 0 Å². The van der Waals surface area contributed by atoms with Crippen LogP contribution in [-0.2, 0) is 6.54 Å². The first-order valence-corrected chi connectivity index (χ1v) is 6.48. The summed E-state index contributed by atoms with van der Waals surface area (Å²) in [6, 6.07) is 14.2. The Labute approximate surface area is 112 Å². The number of benzene rings is 1. The van der Waals surface area contributed by atoms with Crippen LogP contribution < -0.4 is 5.32 Å². The van der Waals surface area contributed by atoms with Gasteiger partial charge in [0.15, 0.2) is 5.82 Å². The van der Waals surface area contributed by atoms with Gasteiger partial charge < -0.3 is 5.32 Å². The number of nitrogens with zero attached hydrogens (tertiary/aromatic N) is 3. The Morgan fingerprint density at radius 1 is 1.11 bits per heavy atom. The lowest BCUT2D eigenvalue weighted by molar-refractivity contribution is 0.705. The van der Waals surface area contributed by atoms with Gasteiger partial charge in [0.2, 0.25) is 0 Å². The number of pyridine rings is 1. The third-order valence-corrected chi connectivity index (χ3v) is 3.04. The highest BCUT2D eigenvalue weighted by atomic mass is 15.3. The van der Waals surface area contributed by atoms with Gasteiger partial charge >= 0.3 is 0 Å². The fourth-order valence-corrected chi connectivity index (χ4v) is 2.09. The summed E-state index contributed by atoms with van der Waals surface area (Å²) < 4.78 is 1.88. The SMILES string of the molecule is CCNCc1cccc(-n2ncc3ccccc32)n1. The van der Waals surface area contributed by atoms with Gasteiger partial charge in [-0.2, -0.15) is 5.10 Å². The van der Waals surface area contributed by atoms with E-state index in [0.717, 1.165) is 35.5 Å². The third kappa shape index (κ3) is 2.35. The van der Waals surface area contributed by atoms with Crippen LogP contribution in [0.25, 0.3) is 16.7 Å². The second kappa shape index (κ2) is 5.20. The predicted octanol–water partition coefficient (Wildman–Crippen LogP) is 2.53. The monoisotopic (exact) mass is 252 g/mol. The van der Waals surface area contributed by atoms with E-state index < -0.39 is 0 Å². The summed E-state index contributed by atoms with van der Waals surface area (Å²) in [7, 11) is 0. The summed E-state index contributed by atoms with van der Waals surface area (Å²) >= 11 is 0. The number of hydrogen-bond donors (Lipinski definition) is 1. The van der Waals surface area contributed by atoms with Gasteiger partial charge in [-0.3, -0.25) is 0 Å². The van der Waals surface area contributed by atoms with E-state index in [1.807, 2.05) is 41.2 Å². The molecule has 3 aromatic rings. The van der Waals surface area contributed by atoms with Gasteiger partial charge in [-0.15, -0.1) is 0 Å². The van der Waals surface area contributed by atoms with E-state index in [0.29, 0.717) is 0 Å². The number of aromatic nitrogens is 3. The zero-order valence-electron chi connectivity index (χ0n) is 10.9. The van der Waals surface area contributed by atoms with Crippen molar-refractivity contribution >= 4 is 10.9 Å². The molecule has 4 nitrogen and oxygen atoms in total. The highest BCUT2D eigenvalue weighted by Crippen LogP contribution is 2.16. The molecule has 0 fully saturated rings. The lowest BCUT2D eigenvalue weighted by Gasteiger charge is -2.06. The van der Waals surface area contributed by atoms with Crippen molar-refractivity contribution in [3.8, 4) is 5.82 Å². The Balaban J connectivity index is 2.01. The quantitative estimate of drug-likeness (QED) is 0.776. The summed E-state index contributed by atoms with van der Waals surface area (Å²) in [6.45, 7) is 3.81. The first kappa shape index (κ1) is 11.9. The Bertz CT molecular complexity index is 687. The molecule has 2 heterocycles. The molecular formula is C15H16N4. The summed E-state index contributed by atoms with van der Waals surface area (Å²) in [4.78, 5) is 4.64. The Morgan fingerprint density at radius 3 is 2.89 bits per heavy atom. The van der Waals surface area contributed by atoms with Gasteiger partial charge in [-0.1, -0.05) is 31.2 Å². The van der Waals surface area contributed by atoms with Gasteiger partial charge in [0.25, 0.3) is 0 Å². The lowest BCUT2D eigenvalue weighted by Crippen LogP contribution is -2.13. The van der Waals surface area contributed by atoms with Gasteiger partial charge in [0.1, 0.15) is 0 Å². The molecule has 96 valence electrons. The highest BCUT2D eigenvalue weighted by Gasteiger charge is 2.05. The molecule has 0 aliphatic heterocycles. The van der Waals surface area contributed by atoms with Crippen LogP contribution in [0.4, 0.5) is 0 Å². The lowest BCUT2D eigenvalue weighted by atomic mass is 10.2. The van der Waals surface area contributed by atoms with E-state index in [1.165, 1.54) is 0 Å². The van der Waals surface area contributed by atoms with Crippen molar-refractivity contribution in [1.82, 2.24) is 20.1 Å². The molecule has 2 aromatic heterocycles. The average Bonchev–Trinajstić information content (AvgIpc) is 2.89. The maximum Gasteiger partial charge on any atom is 0.154 e. The van der Waals surface area contributed by atoms with E-state index in [2.05, 4.69) is 34.5 Å². The number of hydrogen-bond acceptors (Lipinski definition) is 3. The van der Waals surface area contributed by atoms with Crippen LogP contribution in [0.15, 0.2) is 48.7 Å². The highest BCUT2D eigenvalue weighted by molar-refractivity contribution is 5.79. The van der Waals surface area contributed by atoms with Gasteiger partial charge in [0.05, 0.1) is 17.4 Å². The van der Waals surface area contributed by atoms with Gasteiger partial charge in [-0.05, 0) is 24.7 Å². The molecule has 0 aliphatic rings. The number of para-hydroxylation sites is 1. The summed E-state index contributed by atoms with van der Waals surface area (Å²) in [5.41, 5.74) is 2.11. The second-order valence-corrected chi connectivity index (χ2v) is 4.38. The van der Waals surface area contributed by atoms with E-state index in [-0.39, 0.29) is 0 Å². The number of fused-ring (bicyclic) bond motifs is 1. The standard InChI is InChI=1S/C15H16N4/c1-2-16-11-13-7-5-9-15(18-13)19-14-8-4-3-6-12(14)10-17-19/h3-10,16H,2,11H2,1H3. The molecule has 0 aliphatic carbocycles. The van der Waals surface area contributed by atoms with Crippen molar-refractivity contribution in [2.45, 2.75) is 13.5 Å². The maximum atomic E-state index is 4.64. The molecule has 0 spiro atoms. The molecule has 0 radical (unpaired) electrons. The van der Waals surface area contributed by atoms with Crippen molar-refractivity contribution < 1.29 is 0 Å². The Hall–Kier alpha value is -2.20. The summed E-state index contributed by atoms with van der Waals surface area (Å²) in [5.74, 6) is 0.858. The van der Waals surface area contributed by atoms with Crippen LogP contribution in [-0.4, -0.2) is 21.3 Å². The fourth-order valence-electron chi connectivity index (χ4n) is 2.09. The average molecular weight is 252 g/mol. The maximum absolute atomic E-state index is 4.64. The second-order valence-electron chi connectivity index (χ2n) is 4.38. The van der Waals surface area contributed by atoms with Crippen molar-refractivity contribution in [2.24, 2.45) is 0 Å². The predicted molar refractivity (Wildman–Crippen MR) is 76.2 cm³/mol. The minimum Gasteiger partial charge on any atom is -0.311 e. The van der Waals surface area contributed by atoms with Crippen molar-refractivity contribution in [2.75, 3.05) is 6.54 Å². The van der Waals surface area contributed by atoms with Crippen molar-refractivity contribution in [3.05, 3.63) is 54.4 Å². The van der Waals surface area contributed by atoms with E-state index in [4.69, 9.17) is 0 Å². The van der Waals surface area contributed by atoms with Gasteiger partial charge in [0, 0.05) is 11.9 Å². The van der Waals surface area contributed by atoms with Crippen molar-refractivity contribution in [1.29, 1.82) is 0 Å². The third-order valence-electron chi connectivity index (χ3n) is 3.04. The molecule has 1 aromatic carbocycles. The molecule has 19 heavy (non-hydrogen) atoms. The van der Waals surface area contributed by atoms with E-state index >= 15 is 0 Å². The topological polar surface area (TPSA) is 42.7 Å².